The standard InChI is InChI=1S/C15H20N8O/c1-2-9-6-22(15(24)19-8-16)7-10(9)14-21-20-12-5-18-13-11(23(12)14)3-4-17-13/h3-5,9-10,17H,2,6-8,16H2,1H3,(H,19,24)/t9-,10+/m1/s1. The lowest BCUT2D eigenvalue weighted by Crippen LogP contribution is -2.41. The van der Waals surface area contributed by atoms with Gasteiger partial charge in [0.1, 0.15) is 5.82 Å². The molecule has 0 bridgehead atoms. The van der Waals surface area contributed by atoms with E-state index in [4.69, 9.17) is 5.73 Å². The average molecular weight is 328 g/mol. The number of nitrogens with zero attached hydrogens (tertiary/aromatic N) is 5. The van der Waals surface area contributed by atoms with Crippen LogP contribution in [0.3, 0.4) is 0 Å². The second kappa shape index (κ2) is 5.75. The van der Waals surface area contributed by atoms with E-state index in [1.807, 2.05) is 21.6 Å². The van der Waals surface area contributed by atoms with E-state index in [1.54, 1.807) is 6.20 Å². The molecule has 0 unspecified atom stereocenters. The summed E-state index contributed by atoms with van der Waals surface area (Å²) in [6.07, 6.45) is 4.53. The zero-order chi connectivity index (χ0) is 16.7. The van der Waals surface area contributed by atoms with Gasteiger partial charge in [-0.25, -0.2) is 9.78 Å². The maximum absolute atomic E-state index is 12.1. The number of rotatable bonds is 3. The van der Waals surface area contributed by atoms with Gasteiger partial charge in [-0.1, -0.05) is 13.3 Å². The molecule has 1 aliphatic heterocycles. The molecule has 4 N–H and O–H groups in total. The van der Waals surface area contributed by atoms with Gasteiger partial charge < -0.3 is 20.9 Å². The summed E-state index contributed by atoms with van der Waals surface area (Å²) < 4.78 is 2.04. The molecule has 24 heavy (non-hydrogen) atoms. The molecule has 4 heterocycles. The van der Waals surface area contributed by atoms with Crippen LogP contribution in [0.15, 0.2) is 18.5 Å². The molecule has 1 fully saturated rings. The largest absolute Gasteiger partial charge is 0.345 e. The summed E-state index contributed by atoms with van der Waals surface area (Å²) in [4.78, 5) is 21.4. The SMILES string of the molecule is CC[C@@H]1CN(C(=O)NCN)C[C@@H]1c1nnc2cnc3[nH]ccc3n12. The van der Waals surface area contributed by atoms with Crippen LogP contribution in [0.4, 0.5) is 4.79 Å². The van der Waals surface area contributed by atoms with Gasteiger partial charge in [0, 0.05) is 25.2 Å². The summed E-state index contributed by atoms with van der Waals surface area (Å²) in [5.74, 6) is 1.35. The third-order valence-corrected chi connectivity index (χ3v) is 4.80. The van der Waals surface area contributed by atoms with E-state index in [0.29, 0.717) is 19.0 Å². The number of hydrogen-bond acceptors (Lipinski definition) is 5. The Bertz CT molecular complexity index is 884. The number of H-pyrrole nitrogens is 1. The van der Waals surface area contributed by atoms with Crippen molar-refractivity contribution in [1.82, 2.24) is 34.8 Å². The lowest BCUT2D eigenvalue weighted by atomic mass is 9.93. The van der Waals surface area contributed by atoms with E-state index in [-0.39, 0.29) is 18.6 Å². The first kappa shape index (κ1) is 14.9. The molecule has 3 aromatic rings. The molecular weight excluding hydrogens is 308 g/mol. The van der Waals surface area contributed by atoms with Gasteiger partial charge in [-0.3, -0.25) is 4.40 Å². The third-order valence-electron chi connectivity index (χ3n) is 4.80. The Hall–Kier alpha value is -2.68. The predicted octanol–water partition coefficient (Wildman–Crippen LogP) is 0.657. The molecule has 0 aromatic carbocycles. The van der Waals surface area contributed by atoms with Crippen molar-refractivity contribution in [2.45, 2.75) is 19.3 Å². The zero-order valence-corrected chi connectivity index (χ0v) is 13.4. The van der Waals surface area contributed by atoms with Gasteiger partial charge in [-0.15, -0.1) is 10.2 Å². The summed E-state index contributed by atoms with van der Waals surface area (Å²) >= 11 is 0. The lowest BCUT2D eigenvalue weighted by molar-refractivity contribution is 0.207. The quantitative estimate of drug-likeness (QED) is 0.610. The van der Waals surface area contributed by atoms with Crippen molar-refractivity contribution in [1.29, 1.82) is 0 Å². The molecule has 3 aromatic heterocycles. The maximum Gasteiger partial charge on any atom is 0.318 e. The Morgan fingerprint density at radius 2 is 2.33 bits per heavy atom. The number of aromatic nitrogens is 5. The van der Waals surface area contributed by atoms with E-state index >= 15 is 0 Å². The minimum absolute atomic E-state index is 0.124. The summed E-state index contributed by atoms with van der Waals surface area (Å²) in [5.41, 5.74) is 7.89. The highest BCUT2D eigenvalue weighted by atomic mass is 16.2. The topological polar surface area (TPSA) is 117 Å². The molecule has 0 radical (unpaired) electrons. The monoisotopic (exact) mass is 328 g/mol. The Kier molecular flexibility index (Phi) is 3.57. The molecule has 9 heteroatoms. The number of amides is 2. The zero-order valence-electron chi connectivity index (χ0n) is 13.4. The summed E-state index contributed by atoms with van der Waals surface area (Å²) in [5, 5.41) is 11.4. The van der Waals surface area contributed by atoms with Crippen LogP contribution in [-0.4, -0.2) is 55.3 Å². The van der Waals surface area contributed by atoms with Gasteiger partial charge in [0.2, 0.25) is 0 Å². The van der Waals surface area contributed by atoms with E-state index in [9.17, 15) is 4.79 Å². The molecule has 2 atom stereocenters. The van der Waals surface area contributed by atoms with Crippen LogP contribution in [0, 0.1) is 5.92 Å². The number of aromatic amines is 1. The number of nitrogens with two attached hydrogens (primary N) is 1. The van der Waals surface area contributed by atoms with E-state index in [1.165, 1.54) is 0 Å². The summed E-state index contributed by atoms with van der Waals surface area (Å²) in [7, 11) is 0. The number of likely N-dealkylation sites (tertiary alicyclic amines) is 1. The van der Waals surface area contributed by atoms with Crippen molar-refractivity contribution >= 4 is 22.8 Å². The second-order valence-corrected chi connectivity index (χ2v) is 6.09. The molecule has 4 rings (SSSR count). The fourth-order valence-corrected chi connectivity index (χ4v) is 3.58. The van der Waals surface area contributed by atoms with Crippen molar-refractivity contribution in [3.05, 3.63) is 24.3 Å². The Morgan fingerprint density at radius 3 is 3.12 bits per heavy atom. The summed E-state index contributed by atoms with van der Waals surface area (Å²) in [6.45, 7) is 3.58. The van der Waals surface area contributed by atoms with Crippen LogP contribution in [0.5, 0.6) is 0 Å². The molecule has 0 aliphatic carbocycles. The Balaban J connectivity index is 1.76. The number of fused-ring (bicyclic) bond motifs is 3. The normalized spacial score (nSPS) is 21.0. The highest BCUT2D eigenvalue weighted by molar-refractivity contribution is 5.75. The van der Waals surface area contributed by atoms with Crippen molar-refractivity contribution in [3.63, 3.8) is 0 Å². The van der Waals surface area contributed by atoms with E-state index < -0.39 is 0 Å². The van der Waals surface area contributed by atoms with Crippen molar-refractivity contribution in [2.75, 3.05) is 19.8 Å². The molecule has 1 saturated heterocycles. The second-order valence-electron chi connectivity index (χ2n) is 6.09. The molecule has 126 valence electrons. The number of carbonyl (C=O) groups is 1. The molecule has 2 amide bonds. The minimum atomic E-state index is -0.124. The van der Waals surface area contributed by atoms with E-state index in [2.05, 4.69) is 32.4 Å². The van der Waals surface area contributed by atoms with Gasteiger partial charge in [0.05, 0.1) is 18.4 Å². The highest BCUT2D eigenvalue weighted by Crippen LogP contribution is 2.34. The number of nitrogens with one attached hydrogen (secondary N) is 2. The van der Waals surface area contributed by atoms with Gasteiger partial charge >= 0.3 is 6.03 Å². The third kappa shape index (κ3) is 2.20. The van der Waals surface area contributed by atoms with Crippen LogP contribution in [-0.2, 0) is 0 Å². The number of urea groups is 1. The number of hydrogen-bond donors (Lipinski definition) is 3. The minimum Gasteiger partial charge on any atom is -0.345 e. The highest BCUT2D eigenvalue weighted by Gasteiger charge is 2.38. The van der Waals surface area contributed by atoms with Crippen molar-refractivity contribution < 1.29 is 4.79 Å². The first-order valence-electron chi connectivity index (χ1n) is 8.13. The van der Waals surface area contributed by atoms with Crippen molar-refractivity contribution in [3.8, 4) is 0 Å². The van der Waals surface area contributed by atoms with Crippen LogP contribution in [0.25, 0.3) is 16.8 Å². The summed E-state index contributed by atoms with van der Waals surface area (Å²) in [6, 6.07) is 1.84. The van der Waals surface area contributed by atoms with Crippen LogP contribution in [0.2, 0.25) is 0 Å². The first-order valence-corrected chi connectivity index (χ1v) is 8.13. The van der Waals surface area contributed by atoms with Gasteiger partial charge in [-0.05, 0) is 12.0 Å². The Morgan fingerprint density at radius 1 is 1.46 bits per heavy atom. The van der Waals surface area contributed by atoms with Gasteiger partial charge in [0.25, 0.3) is 0 Å². The number of carbonyl (C=O) groups excluding carboxylic acids is 1. The van der Waals surface area contributed by atoms with Crippen molar-refractivity contribution in [2.24, 2.45) is 11.7 Å². The Labute approximate surface area is 138 Å². The van der Waals surface area contributed by atoms with Gasteiger partial charge in [-0.2, -0.15) is 0 Å². The maximum atomic E-state index is 12.1. The average Bonchev–Trinajstić information content (AvgIpc) is 3.30. The van der Waals surface area contributed by atoms with Crippen LogP contribution >= 0.6 is 0 Å². The fraction of sp³-hybridized carbons (Fsp3) is 0.467. The molecule has 1 aliphatic rings. The smallest absolute Gasteiger partial charge is 0.318 e. The van der Waals surface area contributed by atoms with Gasteiger partial charge in [0.15, 0.2) is 11.3 Å². The molecule has 9 nitrogen and oxygen atoms in total. The first-order chi connectivity index (χ1) is 11.7. The fourth-order valence-electron chi connectivity index (χ4n) is 3.58. The van der Waals surface area contributed by atoms with E-state index in [0.717, 1.165) is 29.1 Å². The van der Waals surface area contributed by atoms with Crippen LogP contribution < -0.4 is 11.1 Å². The predicted molar refractivity (Wildman–Crippen MR) is 88.3 cm³/mol. The lowest BCUT2D eigenvalue weighted by Gasteiger charge is -2.16. The molecular formula is C15H20N8O. The molecule has 0 spiro atoms. The van der Waals surface area contributed by atoms with Crippen LogP contribution in [0.1, 0.15) is 25.1 Å². The molecule has 0 saturated carbocycles.